The van der Waals surface area contributed by atoms with Crippen LogP contribution in [0, 0.1) is 34.5 Å². The second-order valence-electron chi connectivity index (χ2n) is 11.5. The third-order valence-electron chi connectivity index (χ3n) is 8.93. The summed E-state index contributed by atoms with van der Waals surface area (Å²) < 4.78 is 18.6. The molecule has 0 N–H and O–H groups in total. The molecule has 1 heterocycles. The molecule has 29 heavy (non-hydrogen) atoms. The van der Waals surface area contributed by atoms with Crippen molar-refractivity contribution < 1.29 is 23.5 Å². The zero-order valence-corrected chi connectivity index (χ0v) is 19.4. The molecule has 160 valence electrons. The molecule has 4 saturated carbocycles. The van der Waals surface area contributed by atoms with Crippen molar-refractivity contribution in [2.24, 2.45) is 34.5 Å². The van der Waals surface area contributed by atoms with Crippen molar-refractivity contribution in [1.29, 1.82) is 0 Å². The molecule has 1 saturated heterocycles. The van der Waals surface area contributed by atoms with Crippen LogP contribution >= 0.6 is 0 Å². The van der Waals surface area contributed by atoms with Gasteiger partial charge in [-0.25, -0.2) is 0 Å². The predicted octanol–water partition coefficient (Wildman–Crippen LogP) is 4.08. The topological polar surface area (TPSA) is 61.8 Å². The Morgan fingerprint density at radius 2 is 1.97 bits per heavy atom. The monoisotopic (exact) mass is 418 g/mol. The molecule has 8 atom stereocenters. The van der Waals surface area contributed by atoms with Gasteiger partial charge in [-0.05, 0) is 76.4 Å². The van der Waals surface area contributed by atoms with Gasteiger partial charge in [0.2, 0.25) is 0 Å². The number of carbonyl (C=O) groups excluding carboxylic acids is 2. The molecule has 1 spiro atoms. The van der Waals surface area contributed by atoms with E-state index < -0.39 is 19.3 Å². The molecule has 5 nitrogen and oxygen atoms in total. The second kappa shape index (κ2) is 5.76. The summed E-state index contributed by atoms with van der Waals surface area (Å²) in [5, 5.41) is 0. The quantitative estimate of drug-likeness (QED) is 0.393. The Labute approximate surface area is 174 Å². The van der Waals surface area contributed by atoms with Gasteiger partial charge in [0, 0.05) is 11.8 Å². The third kappa shape index (κ3) is 2.30. The van der Waals surface area contributed by atoms with Crippen LogP contribution in [-0.4, -0.2) is 39.1 Å². The second-order valence-corrected chi connectivity index (χ2v) is 16.0. The summed E-state index contributed by atoms with van der Waals surface area (Å²) in [5.41, 5.74) is -0.211. The van der Waals surface area contributed by atoms with Crippen LogP contribution in [0.1, 0.15) is 45.4 Å². The molecule has 5 rings (SSSR count). The summed E-state index contributed by atoms with van der Waals surface area (Å²) in [7, 11) is -0.348. The summed E-state index contributed by atoms with van der Waals surface area (Å²) in [5.74, 6) is -0.282. The molecule has 0 amide bonds. The molecule has 0 radical (unpaired) electrons. The van der Waals surface area contributed by atoms with E-state index in [2.05, 4.69) is 26.2 Å². The lowest BCUT2D eigenvalue weighted by atomic mass is 9.60. The zero-order valence-electron chi connectivity index (χ0n) is 18.4. The Hall–Kier alpha value is -1.14. The first-order chi connectivity index (χ1) is 13.5. The van der Waals surface area contributed by atoms with Crippen LogP contribution in [0.3, 0.4) is 0 Å². The van der Waals surface area contributed by atoms with Gasteiger partial charge in [-0.15, -0.1) is 0 Å². The maximum atomic E-state index is 13.3. The standard InChI is InChI=1S/C23H34O5Si/c1-13-11-22-12-14(13)10-15(28-29(4,5)6)17(22)23-9-7-8-21(2,20(25)27-23)18(23)16(22)19(24)26-3/h14-18H,1,7-12H2,2-6H3/t14-,15?,16?,17?,18?,21?,22-,23-/m1/s1. The number of methoxy groups -OCH3 is 1. The number of ether oxygens (including phenoxy) is 2. The first-order valence-corrected chi connectivity index (χ1v) is 14.6. The van der Waals surface area contributed by atoms with Crippen molar-refractivity contribution in [1.82, 2.24) is 0 Å². The Kier molecular flexibility index (Phi) is 3.93. The molecule has 4 bridgehead atoms. The van der Waals surface area contributed by atoms with E-state index in [9.17, 15) is 9.59 Å². The van der Waals surface area contributed by atoms with Crippen LogP contribution in [0.15, 0.2) is 12.2 Å². The lowest BCUT2D eigenvalue weighted by Gasteiger charge is -2.49. The summed E-state index contributed by atoms with van der Waals surface area (Å²) >= 11 is 0. The van der Waals surface area contributed by atoms with Crippen molar-refractivity contribution in [3.05, 3.63) is 12.2 Å². The number of rotatable bonds is 3. The van der Waals surface area contributed by atoms with Crippen molar-refractivity contribution in [2.45, 2.75) is 76.8 Å². The van der Waals surface area contributed by atoms with Gasteiger partial charge in [0.05, 0.1) is 24.5 Å². The van der Waals surface area contributed by atoms with Crippen LogP contribution in [0.5, 0.6) is 0 Å². The minimum atomic E-state index is -1.83. The molecule has 4 aliphatic carbocycles. The van der Waals surface area contributed by atoms with Gasteiger partial charge in [-0.3, -0.25) is 9.59 Å². The number of carbonyl (C=O) groups is 2. The van der Waals surface area contributed by atoms with E-state index >= 15 is 0 Å². The van der Waals surface area contributed by atoms with E-state index in [0.717, 1.165) is 38.5 Å². The number of hydrogen-bond donors (Lipinski definition) is 0. The molecule has 0 aromatic rings. The maximum absolute atomic E-state index is 13.3. The Morgan fingerprint density at radius 3 is 2.62 bits per heavy atom. The van der Waals surface area contributed by atoms with E-state index in [4.69, 9.17) is 13.9 Å². The van der Waals surface area contributed by atoms with Crippen LogP contribution in [0.2, 0.25) is 19.6 Å². The van der Waals surface area contributed by atoms with E-state index in [1.165, 1.54) is 12.7 Å². The zero-order chi connectivity index (χ0) is 21.0. The normalized spacial score (nSPS) is 50.2. The highest BCUT2D eigenvalue weighted by atomic mass is 28.4. The molecule has 1 aliphatic heterocycles. The van der Waals surface area contributed by atoms with Crippen LogP contribution in [-0.2, 0) is 23.5 Å². The summed E-state index contributed by atoms with van der Waals surface area (Å²) in [6, 6.07) is 0. The van der Waals surface area contributed by atoms with Crippen LogP contribution in [0.25, 0.3) is 0 Å². The highest BCUT2D eigenvalue weighted by Gasteiger charge is 2.83. The minimum absolute atomic E-state index is 0.0186. The summed E-state index contributed by atoms with van der Waals surface area (Å²) in [6.07, 6.45) is 5.33. The Morgan fingerprint density at radius 1 is 1.24 bits per heavy atom. The van der Waals surface area contributed by atoms with E-state index in [-0.39, 0.29) is 41.2 Å². The molecule has 6 heteroatoms. The number of allylic oxidation sites excluding steroid dienone is 1. The molecule has 5 aliphatic rings. The lowest BCUT2D eigenvalue weighted by molar-refractivity contribution is -0.168. The van der Waals surface area contributed by atoms with Crippen molar-refractivity contribution in [3.63, 3.8) is 0 Å². The van der Waals surface area contributed by atoms with Crippen molar-refractivity contribution in [3.8, 4) is 0 Å². The summed E-state index contributed by atoms with van der Waals surface area (Å²) in [4.78, 5) is 26.5. The van der Waals surface area contributed by atoms with E-state index in [1.807, 2.05) is 6.92 Å². The Bertz CT molecular complexity index is 802. The maximum Gasteiger partial charge on any atom is 0.312 e. The van der Waals surface area contributed by atoms with Gasteiger partial charge < -0.3 is 13.9 Å². The van der Waals surface area contributed by atoms with Gasteiger partial charge in [0.1, 0.15) is 5.60 Å². The van der Waals surface area contributed by atoms with Crippen molar-refractivity contribution in [2.75, 3.05) is 7.11 Å². The smallest absolute Gasteiger partial charge is 0.312 e. The number of fused-ring (bicyclic) bond motifs is 1. The van der Waals surface area contributed by atoms with Gasteiger partial charge >= 0.3 is 11.9 Å². The number of hydrogen-bond acceptors (Lipinski definition) is 5. The van der Waals surface area contributed by atoms with Crippen LogP contribution in [0.4, 0.5) is 0 Å². The van der Waals surface area contributed by atoms with E-state index in [0.29, 0.717) is 5.92 Å². The summed E-state index contributed by atoms with van der Waals surface area (Å²) in [6.45, 7) is 13.1. The SMILES string of the molecule is C=C1C[C@]23C[C@H]1CC(O[Si](C)(C)C)C2[C@@]12CCCC(C)(C(=O)O1)C2C3C(=O)OC. The minimum Gasteiger partial charge on any atom is -0.469 e. The van der Waals surface area contributed by atoms with E-state index in [1.54, 1.807) is 0 Å². The predicted molar refractivity (Wildman–Crippen MR) is 110 cm³/mol. The van der Waals surface area contributed by atoms with Gasteiger partial charge in [0.15, 0.2) is 8.32 Å². The highest BCUT2D eigenvalue weighted by molar-refractivity contribution is 6.69. The Balaban J connectivity index is 1.73. The molecule has 0 aromatic heterocycles. The lowest BCUT2D eigenvalue weighted by Crippen LogP contribution is -2.54. The fourth-order valence-corrected chi connectivity index (χ4v) is 9.57. The first kappa shape index (κ1) is 19.8. The fraction of sp³-hybridized carbons (Fsp3) is 0.826. The van der Waals surface area contributed by atoms with Gasteiger partial charge in [0.25, 0.3) is 0 Å². The van der Waals surface area contributed by atoms with Gasteiger partial charge in [-0.2, -0.15) is 0 Å². The molecule has 5 unspecified atom stereocenters. The van der Waals surface area contributed by atoms with Crippen molar-refractivity contribution >= 4 is 20.3 Å². The average molecular weight is 419 g/mol. The average Bonchev–Trinajstić information content (AvgIpc) is 3.05. The third-order valence-corrected chi connectivity index (χ3v) is 9.94. The fourth-order valence-electron chi connectivity index (χ4n) is 8.42. The highest BCUT2D eigenvalue weighted by Crippen LogP contribution is 2.78. The molecule has 5 fully saturated rings. The molecule has 0 aromatic carbocycles. The van der Waals surface area contributed by atoms with Crippen LogP contribution < -0.4 is 0 Å². The molecular formula is C23H34O5Si. The van der Waals surface area contributed by atoms with Gasteiger partial charge in [-0.1, -0.05) is 12.2 Å². The molecular weight excluding hydrogens is 384 g/mol. The number of esters is 2. The largest absolute Gasteiger partial charge is 0.469 e. The first-order valence-electron chi connectivity index (χ1n) is 11.2.